The summed E-state index contributed by atoms with van der Waals surface area (Å²) in [6.07, 6.45) is -39.2. The van der Waals surface area contributed by atoms with Gasteiger partial charge in [0, 0.05) is 26.9 Å². The summed E-state index contributed by atoms with van der Waals surface area (Å²) >= 11 is 0. The molecule has 630 valence electrons. The van der Waals surface area contributed by atoms with Crippen molar-refractivity contribution in [2.75, 3.05) is 26.4 Å². The molecule has 0 bridgehead atoms. The van der Waals surface area contributed by atoms with Gasteiger partial charge in [0.05, 0.1) is 37.7 Å². The largest absolute Gasteiger partial charge is 0.510 e. The Bertz CT molecular complexity index is 3010. The van der Waals surface area contributed by atoms with Gasteiger partial charge in [-0.1, -0.05) is 106 Å². The number of carboxylic acids is 1. The van der Waals surface area contributed by atoms with Crippen LogP contribution in [-0.4, -0.2) is 299 Å². The van der Waals surface area contributed by atoms with E-state index in [1.54, 1.807) is 0 Å². The molecule has 0 aromatic heterocycles. The van der Waals surface area contributed by atoms with Crippen molar-refractivity contribution in [3.63, 3.8) is 0 Å². The highest BCUT2D eigenvalue weighted by molar-refractivity contribution is 7.47. The quantitative estimate of drug-likeness (QED) is 0.0240. The van der Waals surface area contributed by atoms with Crippen molar-refractivity contribution in [1.29, 1.82) is 0 Å². The Hall–Kier alpha value is -4.57. The number of aliphatic carboxylic acids is 1. The fourth-order valence-corrected chi connectivity index (χ4v) is 14.9. The molecule has 0 saturated carbocycles. The molecule has 31 atom stereocenters. The first-order chi connectivity index (χ1) is 50.9. The molecule has 5 unspecified atom stereocenters. The number of aliphatic hydroxyl groups is 12. The molecule has 6 aliphatic rings. The Kier molecular flexibility index (Phi) is 35.6. The van der Waals surface area contributed by atoms with E-state index in [-0.39, 0.29) is 36.5 Å². The van der Waals surface area contributed by atoms with Crippen molar-refractivity contribution in [2.24, 2.45) is 40.6 Å². The molecule has 39 nitrogen and oxygen atoms in total. The molecule has 21 N–H and O–H groups in total. The maximum atomic E-state index is 14.1. The predicted octanol–water partition coefficient (Wildman–Crippen LogP) is -1.69. The number of phosphoric ester groups is 1. The van der Waals surface area contributed by atoms with Gasteiger partial charge < -0.3 is 151 Å². The minimum absolute atomic E-state index is 0.0217. The van der Waals surface area contributed by atoms with E-state index in [2.05, 4.69) is 57.5 Å². The molecule has 109 heavy (non-hydrogen) atoms. The second-order valence-corrected chi connectivity index (χ2v) is 32.6. The minimum atomic E-state index is -5.82. The number of aliphatic hydroxyl groups excluding tert-OH is 11. The van der Waals surface area contributed by atoms with Gasteiger partial charge in [0.25, 0.3) is 5.91 Å². The van der Waals surface area contributed by atoms with Crippen LogP contribution in [0.2, 0.25) is 0 Å². The van der Waals surface area contributed by atoms with E-state index >= 15 is 0 Å². The fraction of sp³-hybridized carbons (Fsp3) is 0.884. The van der Waals surface area contributed by atoms with Gasteiger partial charge in [0.15, 0.2) is 62.0 Å². The second kappa shape index (κ2) is 41.6. The van der Waals surface area contributed by atoms with Crippen LogP contribution >= 0.6 is 7.82 Å². The number of hydrogen-bond acceptors (Lipinski definition) is 32. The Balaban J connectivity index is 1.22. The van der Waals surface area contributed by atoms with Crippen molar-refractivity contribution in [3.05, 3.63) is 11.5 Å². The van der Waals surface area contributed by atoms with E-state index in [4.69, 9.17) is 72.6 Å². The predicted molar refractivity (Wildman–Crippen MR) is 373 cm³/mol. The molecule has 5 amide bonds. The standard InChI is InChI=1S/C69H120N5O34P/c1-30(2)15-14-17-31(3)18-19-33(5)22-25-68(9,10)24-13-12-16-32(4)23-26-96-41(61(90)91)29-98-109(94,95)108-66-56(57(107-67(71)92)69(11,93)58(106-66)59(70)88)105-63-44(73-36(8)77)47(82)54(40(101-63)28-97-64-51(86)48(83)45(80)39(27-75)100-64)103-62-43(72-35(7)76)46(81)53(34(6)99-62)102-65-52(87)49(84)50(85)55(104-65)60(89)74-42-37(78)20-21-38(42)79/h30-34,37,39-41,43-58,62-66,75,78-87,93H,12-29H2,1-11H3,(H2,70,88)(H2,71,92)(H,72,76)(H,73,77)(H,74,89)(H,90,91)(H,94,95)/t31?,32?,33?,34-,37?,39-,40-,41-,43-,44-,45-,46-,47-,48+,49+,50-,51-,52-,53-,54-,55+,56-,57-,58-,62+,63+,64-,65-,66-,69+/m1/s1. The summed E-state index contributed by atoms with van der Waals surface area (Å²) < 4.78 is 89.3. The van der Waals surface area contributed by atoms with Crippen molar-refractivity contribution in [3.8, 4) is 0 Å². The molecule has 0 aromatic carbocycles. The Morgan fingerprint density at radius 3 is 1.79 bits per heavy atom. The number of nitrogens with one attached hydrogen (secondary N) is 3. The number of carboxylic acid groups (broad SMARTS) is 1. The monoisotopic (exact) mass is 1590 g/mol. The molecule has 5 heterocycles. The number of amides is 5. The number of carbonyl (C=O) groups is 6. The number of hydrogen-bond donors (Lipinski definition) is 19. The molecule has 6 rings (SSSR count). The molecule has 0 aromatic rings. The number of primary amides is 2. The Labute approximate surface area is 632 Å². The van der Waals surface area contributed by atoms with Crippen molar-refractivity contribution >= 4 is 43.5 Å². The zero-order valence-corrected chi connectivity index (χ0v) is 64.5. The van der Waals surface area contributed by atoms with Crippen molar-refractivity contribution < 1.29 is 166 Å². The highest BCUT2D eigenvalue weighted by atomic mass is 31.2. The third-order valence-corrected chi connectivity index (χ3v) is 21.7. The maximum absolute atomic E-state index is 14.1. The van der Waals surface area contributed by atoms with Crippen LogP contribution in [0.1, 0.15) is 166 Å². The highest BCUT2D eigenvalue weighted by Gasteiger charge is 2.62. The van der Waals surface area contributed by atoms with Crippen LogP contribution in [0.5, 0.6) is 0 Å². The van der Waals surface area contributed by atoms with Crippen LogP contribution in [-0.2, 0) is 89.7 Å². The summed E-state index contributed by atoms with van der Waals surface area (Å²) in [4.78, 5) is 89.6. The number of nitrogens with two attached hydrogens (primary N) is 2. The maximum Gasteiger partial charge on any atom is 0.474 e. The molecule has 0 radical (unpaired) electrons. The molecule has 5 aliphatic heterocycles. The minimum Gasteiger partial charge on any atom is -0.510 e. The van der Waals surface area contributed by atoms with E-state index in [9.17, 15) is 105 Å². The lowest BCUT2D eigenvalue weighted by Crippen LogP contribution is -2.72. The molecule has 5 saturated heterocycles. The van der Waals surface area contributed by atoms with Crippen LogP contribution in [0.15, 0.2) is 11.5 Å². The Morgan fingerprint density at radius 2 is 1.21 bits per heavy atom. The lowest BCUT2D eigenvalue weighted by atomic mass is 9.79. The van der Waals surface area contributed by atoms with Gasteiger partial charge in [0.2, 0.25) is 17.7 Å². The van der Waals surface area contributed by atoms with Crippen LogP contribution in [0.4, 0.5) is 4.79 Å². The fourth-order valence-electron chi connectivity index (χ4n) is 14.1. The van der Waals surface area contributed by atoms with Crippen LogP contribution < -0.4 is 27.4 Å². The van der Waals surface area contributed by atoms with Crippen LogP contribution in [0.3, 0.4) is 0 Å². The van der Waals surface area contributed by atoms with E-state index in [0.717, 1.165) is 65.2 Å². The number of unbranched alkanes of at least 4 members (excludes halogenated alkanes) is 1. The summed E-state index contributed by atoms with van der Waals surface area (Å²) in [5, 5.41) is 150. The van der Waals surface area contributed by atoms with Crippen LogP contribution in [0, 0.1) is 29.1 Å². The number of carbonyl (C=O) groups excluding carboxylic acids is 5. The zero-order chi connectivity index (χ0) is 81.5. The molecular formula is C69H120N5O34P. The lowest BCUT2D eigenvalue weighted by Gasteiger charge is -2.52. The molecule has 1 aliphatic carbocycles. The third kappa shape index (κ3) is 26.2. The highest BCUT2D eigenvalue weighted by Crippen LogP contribution is 2.49. The number of phosphoric acid groups is 1. The number of allylic oxidation sites excluding steroid dienone is 1. The summed E-state index contributed by atoms with van der Waals surface area (Å²) in [7, 11) is -5.82. The molecule has 5 fully saturated rings. The van der Waals surface area contributed by atoms with Gasteiger partial charge in [0.1, 0.15) is 96.7 Å². The van der Waals surface area contributed by atoms with Crippen LogP contribution in [0.25, 0.3) is 0 Å². The summed E-state index contributed by atoms with van der Waals surface area (Å²) in [5.74, 6) is -4.58. The molecule has 40 heteroatoms. The van der Waals surface area contributed by atoms with Crippen molar-refractivity contribution in [2.45, 2.75) is 331 Å². The number of ether oxygens (including phenoxy) is 11. The number of rotatable bonds is 41. The van der Waals surface area contributed by atoms with E-state index in [0.29, 0.717) is 18.3 Å². The molecule has 0 spiro atoms. The normalized spacial score (nSPS) is 36.9. The van der Waals surface area contributed by atoms with Gasteiger partial charge in [-0.15, -0.1) is 0 Å². The topological polar surface area (TPSA) is 611 Å². The van der Waals surface area contributed by atoms with E-state index in [1.165, 1.54) is 39.0 Å². The first-order valence-corrected chi connectivity index (χ1v) is 38.7. The van der Waals surface area contributed by atoms with Gasteiger partial charge in [-0.2, -0.15) is 0 Å². The summed E-state index contributed by atoms with van der Waals surface area (Å²) in [5.41, 5.74) is 8.04. The van der Waals surface area contributed by atoms with Gasteiger partial charge in [-0.25, -0.2) is 14.2 Å². The zero-order valence-electron chi connectivity index (χ0n) is 63.6. The average Bonchev–Trinajstić information content (AvgIpc) is 1.75. The van der Waals surface area contributed by atoms with Gasteiger partial charge >= 0.3 is 19.9 Å². The van der Waals surface area contributed by atoms with E-state index in [1.807, 2.05) is 6.92 Å². The van der Waals surface area contributed by atoms with Gasteiger partial charge in [-0.3, -0.25) is 28.2 Å². The smallest absolute Gasteiger partial charge is 0.474 e. The summed E-state index contributed by atoms with van der Waals surface area (Å²) in [6, 6.07) is -3.96. The Morgan fingerprint density at radius 1 is 0.651 bits per heavy atom. The lowest BCUT2D eigenvalue weighted by molar-refractivity contribution is -0.375. The van der Waals surface area contributed by atoms with Gasteiger partial charge in [-0.05, 0) is 68.6 Å². The third-order valence-electron chi connectivity index (χ3n) is 20.8. The second-order valence-electron chi connectivity index (χ2n) is 31.2. The summed E-state index contributed by atoms with van der Waals surface area (Å²) in [6.45, 7) is 16.3. The first kappa shape index (κ1) is 93.3. The first-order valence-electron chi connectivity index (χ1n) is 37.2. The van der Waals surface area contributed by atoms with E-state index < -0.39 is 234 Å². The SMILES string of the molecule is CC(=O)N[C@H]1[C@H](O[C@H]2[C@H](O)[C@@H](NC(C)=O)[C@H](O[C@H]3[C@@H](OP(=O)(O)OC[C@@H](OCCC(C)CCCCC(C)(C)CCC(C)CCC(C)CCCC(C)C)C(=O)O)O[C@H](C(N)=O)[C@@](C)(O)[C@@H]3OC(N)=O)O[C@@H]2CO[C@@H]2O[C@H](CO)[C@@H](O)[C@H](O)[C@H]2O)O[C@H](C)[C@@H](O[C@@H]2O[C@H](C(=O)NC3=C(O)CCC3O)[C@H](O)[C@H](O)[C@H]2O)[C@@H]1O. The molecular weight excluding hydrogens is 1470 g/mol. The van der Waals surface area contributed by atoms with Crippen molar-refractivity contribution in [1.82, 2.24) is 16.0 Å². The average molecular weight is 1590 g/mol.